The lowest BCUT2D eigenvalue weighted by molar-refractivity contribution is 0.0698. The first-order valence-electron chi connectivity index (χ1n) is 7.77. The number of aromatic nitrogens is 1. The van der Waals surface area contributed by atoms with Gasteiger partial charge in [-0.05, 0) is 48.6 Å². The number of carbonyl (C=O) groups is 1. The Hall–Kier alpha value is -2.56. The summed E-state index contributed by atoms with van der Waals surface area (Å²) in [6.45, 7) is 0.687. The van der Waals surface area contributed by atoms with Crippen molar-refractivity contribution in [3.63, 3.8) is 0 Å². The van der Waals surface area contributed by atoms with E-state index in [1.807, 2.05) is 6.07 Å². The minimum Gasteiger partial charge on any atom is -0.497 e. The first-order chi connectivity index (χ1) is 11.2. The summed E-state index contributed by atoms with van der Waals surface area (Å²) in [5, 5.41) is 12.5. The zero-order chi connectivity index (χ0) is 16.2. The van der Waals surface area contributed by atoms with E-state index in [1.54, 1.807) is 13.3 Å². The lowest BCUT2D eigenvalue weighted by Crippen LogP contribution is -2.19. The van der Waals surface area contributed by atoms with Crippen molar-refractivity contribution < 1.29 is 14.6 Å². The average Bonchev–Trinajstić information content (AvgIpc) is 2.59. The van der Waals surface area contributed by atoms with Crippen LogP contribution in [-0.2, 0) is 6.42 Å². The number of pyridine rings is 1. The lowest BCUT2D eigenvalue weighted by Gasteiger charge is -2.26. The molecule has 1 atom stereocenters. The third-order valence-corrected chi connectivity index (χ3v) is 4.38. The van der Waals surface area contributed by atoms with Gasteiger partial charge in [-0.3, -0.25) is 4.98 Å². The van der Waals surface area contributed by atoms with Crippen LogP contribution in [0, 0.1) is 0 Å². The molecule has 0 radical (unpaired) electrons. The molecule has 5 heteroatoms. The van der Waals surface area contributed by atoms with E-state index in [0.29, 0.717) is 18.2 Å². The molecule has 0 spiro atoms. The van der Waals surface area contributed by atoms with Crippen LogP contribution in [-0.4, -0.2) is 29.7 Å². The molecule has 0 saturated heterocycles. The van der Waals surface area contributed by atoms with Gasteiger partial charge in [-0.15, -0.1) is 0 Å². The molecule has 1 aliphatic carbocycles. The van der Waals surface area contributed by atoms with Gasteiger partial charge in [0.1, 0.15) is 5.75 Å². The van der Waals surface area contributed by atoms with E-state index in [9.17, 15) is 9.90 Å². The minimum absolute atomic E-state index is 0.252. The van der Waals surface area contributed by atoms with Crippen molar-refractivity contribution in [3.8, 4) is 5.75 Å². The number of hydrogen-bond donors (Lipinski definition) is 2. The van der Waals surface area contributed by atoms with Crippen molar-refractivity contribution in [1.82, 2.24) is 4.98 Å². The minimum atomic E-state index is -0.944. The van der Waals surface area contributed by atoms with E-state index in [1.165, 1.54) is 23.4 Å². The first-order valence-corrected chi connectivity index (χ1v) is 7.77. The first kappa shape index (κ1) is 15.3. The Balaban J connectivity index is 1.79. The van der Waals surface area contributed by atoms with E-state index < -0.39 is 5.97 Å². The quantitative estimate of drug-likeness (QED) is 0.886. The fourth-order valence-electron chi connectivity index (χ4n) is 3.17. The smallest absolute Gasteiger partial charge is 0.337 e. The number of aryl methyl sites for hydroxylation is 1. The molecule has 2 N–H and O–H groups in total. The highest BCUT2D eigenvalue weighted by atomic mass is 16.5. The summed E-state index contributed by atoms with van der Waals surface area (Å²) in [6.07, 6.45) is 6.37. The van der Waals surface area contributed by atoms with Gasteiger partial charge in [-0.1, -0.05) is 6.07 Å². The maximum Gasteiger partial charge on any atom is 0.337 e. The summed E-state index contributed by atoms with van der Waals surface area (Å²) >= 11 is 0. The van der Waals surface area contributed by atoms with Gasteiger partial charge in [-0.25, -0.2) is 4.79 Å². The van der Waals surface area contributed by atoms with Crippen molar-refractivity contribution in [2.75, 3.05) is 19.0 Å². The molecule has 0 fully saturated rings. The van der Waals surface area contributed by atoms with Crippen LogP contribution in [0.25, 0.3) is 0 Å². The maximum atomic E-state index is 11.3. The van der Waals surface area contributed by atoms with Gasteiger partial charge in [0.2, 0.25) is 0 Å². The number of anilines is 1. The zero-order valence-electron chi connectivity index (χ0n) is 13.1. The van der Waals surface area contributed by atoms with Gasteiger partial charge >= 0.3 is 5.97 Å². The zero-order valence-corrected chi connectivity index (χ0v) is 13.1. The molecule has 0 saturated carbocycles. The molecule has 1 unspecified atom stereocenters. The van der Waals surface area contributed by atoms with Crippen LogP contribution in [0.3, 0.4) is 0 Å². The number of carboxylic acid groups (broad SMARTS) is 1. The molecule has 0 amide bonds. The standard InChI is InChI=1S/C18H20N2O3/c1-23-14-6-5-12-3-2-4-13(16(12)9-14)10-20-17-11-19-8-7-15(17)18(21)22/h5-9,11,13,20H,2-4,10H2,1H3,(H,21,22). The summed E-state index contributed by atoms with van der Waals surface area (Å²) in [5.74, 6) is 0.263. The summed E-state index contributed by atoms with van der Waals surface area (Å²) in [6, 6.07) is 7.75. The number of carboxylic acids is 1. The van der Waals surface area contributed by atoms with E-state index in [-0.39, 0.29) is 5.56 Å². The normalized spacial score (nSPS) is 16.5. The largest absolute Gasteiger partial charge is 0.497 e. The number of hydrogen-bond acceptors (Lipinski definition) is 4. The van der Waals surface area contributed by atoms with E-state index in [4.69, 9.17) is 4.74 Å². The number of nitrogens with zero attached hydrogens (tertiary/aromatic N) is 1. The molecule has 5 nitrogen and oxygen atoms in total. The molecule has 1 heterocycles. The van der Waals surface area contributed by atoms with Crippen LogP contribution in [0.15, 0.2) is 36.7 Å². The van der Waals surface area contributed by atoms with Crippen LogP contribution in [0.5, 0.6) is 5.75 Å². The molecule has 0 bridgehead atoms. The van der Waals surface area contributed by atoms with Gasteiger partial charge in [0.25, 0.3) is 0 Å². The third-order valence-electron chi connectivity index (χ3n) is 4.38. The maximum absolute atomic E-state index is 11.3. The summed E-state index contributed by atoms with van der Waals surface area (Å²) < 4.78 is 5.33. The molecule has 23 heavy (non-hydrogen) atoms. The Morgan fingerprint density at radius 1 is 1.43 bits per heavy atom. The second-order valence-electron chi connectivity index (χ2n) is 5.76. The molecule has 0 aliphatic heterocycles. The van der Waals surface area contributed by atoms with Crippen molar-refractivity contribution in [3.05, 3.63) is 53.3 Å². The summed E-state index contributed by atoms with van der Waals surface area (Å²) in [7, 11) is 1.67. The predicted octanol–water partition coefficient (Wildman–Crippen LogP) is 3.32. The third kappa shape index (κ3) is 3.28. The van der Waals surface area contributed by atoms with Crippen LogP contribution >= 0.6 is 0 Å². The van der Waals surface area contributed by atoms with Crippen molar-refractivity contribution in [2.45, 2.75) is 25.2 Å². The highest BCUT2D eigenvalue weighted by Gasteiger charge is 2.21. The number of fused-ring (bicyclic) bond motifs is 1. The SMILES string of the molecule is COc1ccc2c(c1)C(CNc1cnccc1C(=O)O)CCC2. The Labute approximate surface area is 135 Å². The van der Waals surface area contributed by atoms with Crippen LogP contribution in [0.4, 0.5) is 5.69 Å². The van der Waals surface area contributed by atoms with Crippen molar-refractivity contribution >= 4 is 11.7 Å². The van der Waals surface area contributed by atoms with Gasteiger partial charge in [0.15, 0.2) is 0 Å². The van der Waals surface area contributed by atoms with E-state index >= 15 is 0 Å². The Morgan fingerprint density at radius 2 is 2.30 bits per heavy atom. The highest BCUT2D eigenvalue weighted by molar-refractivity contribution is 5.93. The second-order valence-corrected chi connectivity index (χ2v) is 5.76. The number of benzene rings is 1. The van der Waals surface area contributed by atoms with Crippen LogP contribution in [0.2, 0.25) is 0 Å². The number of ether oxygens (including phenoxy) is 1. The van der Waals surface area contributed by atoms with Gasteiger partial charge in [-0.2, -0.15) is 0 Å². The van der Waals surface area contributed by atoms with E-state index in [0.717, 1.165) is 25.0 Å². The molecular weight excluding hydrogens is 292 g/mol. The van der Waals surface area contributed by atoms with Gasteiger partial charge in [0.05, 0.1) is 24.6 Å². The fourth-order valence-corrected chi connectivity index (χ4v) is 3.17. The monoisotopic (exact) mass is 312 g/mol. The van der Waals surface area contributed by atoms with Gasteiger partial charge in [0, 0.05) is 18.7 Å². The highest BCUT2D eigenvalue weighted by Crippen LogP contribution is 2.34. The van der Waals surface area contributed by atoms with E-state index in [2.05, 4.69) is 22.4 Å². The molecular formula is C18H20N2O3. The Kier molecular flexibility index (Phi) is 4.46. The van der Waals surface area contributed by atoms with Crippen LogP contribution in [0.1, 0.15) is 40.2 Å². The number of nitrogens with one attached hydrogen (secondary N) is 1. The second kappa shape index (κ2) is 6.69. The number of methoxy groups -OCH3 is 1. The average molecular weight is 312 g/mol. The summed E-state index contributed by atoms with van der Waals surface area (Å²) in [5.41, 5.74) is 3.47. The number of aromatic carboxylic acids is 1. The molecule has 3 rings (SSSR count). The van der Waals surface area contributed by atoms with Crippen molar-refractivity contribution in [1.29, 1.82) is 0 Å². The molecule has 1 aromatic heterocycles. The lowest BCUT2D eigenvalue weighted by atomic mass is 9.82. The Morgan fingerprint density at radius 3 is 3.09 bits per heavy atom. The molecule has 1 aromatic carbocycles. The summed E-state index contributed by atoms with van der Waals surface area (Å²) in [4.78, 5) is 15.3. The predicted molar refractivity (Wildman–Crippen MR) is 88.4 cm³/mol. The van der Waals surface area contributed by atoms with Gasteiger partial charge < -0.3 is 15.2 Å². The molecule has 120 valence electrons. The Bertz CT molecular complexity index is 715. The molecule has 1 aliphatic rings. The topological polar surface area (TPSA) is 71.5 Å². The fraction of sp³-hybridized carbons (Fsp3) is 0.333. The van der Waals surface area contributed by atoms with Crippen molar-refractivity contribution in [2.24, 2.45) is 0 Å². The van der Waals surface area contributed by atoms with Crippen LogP contribution < -0.4 is 10.1 Å². The molecule has 2 aromatic rings. The number of rotatable bonds is 5.